The molecule has 0 radical (unpaired) electrons. The van der Waals surface area contributed by atoms with E-state index in [-0.39, 0.29) is 5.41 Å². The SMILES string of the molecule is CC1(C)c2cc3cc(N(c4ccccc4)c4ccc5c(c4)c4ccccc4n5-c4ccccc4)ccc3cc2-c2c1c1ccccc1c1ccccc21. The molecular formula is C51H36N2. The minimum absolute atomic E-state index is 0.157. The highest BCUT2D eigenvalue weighted by atomic mass is 15.1. The summed E-state index contributed by atoms with van der Waals surface area (Å²) in [6, 6.07) is 66.9. The van der Waals surface area contributed by atoms with Crippen molar-refractivity contribution >= 4 is 71.2 Å². The Hall–Kier alpha value is -6.64. The minimum Gasteiger partial charge on any atom is -0.310 e. The maximum atomic E-state index is 2.47. The lowest BCUT2D eigenvalue weighted by atomic mass is 9.79. The Balaban J connectivity index is 1.11. The molecule has 0 saturated carbocycles. The first kappa shape index (κ1) is 30.0. The first-order chi connectivity index (χ1) is 26.1. The third kappa shape index (κ3) is 4.33. The second-order valence-electron chi connectivity index (χ2n) is 15.0. The highest BCUT2D eigenvalue weighted by Crippen LogP contribution is 2.55. The van der Waals surface area contributed by atoms with E-state index < -0.39 is 0 Å². The molecule has 1 heterocycles. The number of anilines is 3. The largest absolute Gasteiger partial charge is 0.310 e. The summed E-state index contributed by atoms with van der Waals surface area (Å²) in [5.41, 5.74) is 12.4. The summed E-state index contributed by atoms with van der Waals surface area (Å²) in [5, 5.41) is 10.3. The number of aromatic nitrogens is 1. The molecule has 1 aliphatic rings. The summed E-state index contributed by atoms with van der Waals surface area (Å²) in [5.74, 6) is 0. The quantitative estimate of drug-likeness (QED) is 0.168. The molecule has 0 N–H and O–H groups in total. The molecule has 0 unspecified atom stereocenters. The van der Waals surface area contributed by atoms with Crippen LogP contribution in [0.1, 0.15) is 25.0 Å². The van der Waals surface area contributed by atoms with Crippen LogP contribution in [0.5, 0.6) is 0 Å². The van der Waals surface area contributed by atoms with Gasteiger partial charge in [0.2, 0.25) is 0 Å². The van der Waals surface area contributed by atoms with Crippen molar-refractivity contribution in [1.29, 1.82) is 0 Å². The van der Waals surface area contributed by atoms with Gasteiger partial charge < -0.3 is 9.47 Å². The highest BCUT2D eigenvalue weighted by molar-refractivity contribution is 6.19. The average Bonchev–Trinajstić information content (AvgIpc) is 3.66. The van der Waals surface area contributed by atoms with Gasteiger partial charge in [0.15, 0.2) is 0 Å². The molecule has 0 bridgehead atoms. The van der Waals surface area contributed by atoms with Crippen molar-refractivity contribution in [2.24, 2.45) is 0 Å². The molecule has 11 rings (SSSR count). The van der Waals surface area contributed by atoms with Gasteiger partial charge in [0.1, 0.15) is 0 Å². The van der Waals surface area contributed by atoms with Crippen LogP contribution in [0, 0.1) is 0 Å². The van der Waals surface area contributed by atoms with E-state index >= 15 is 0 Å². The van der Waals surface area contributed by atoms with Gasteiger partial charge in [0.05, 0.1) is 11.0 Å². The fourth-order valence-electron chi connectivity index (χ4n) is 9.33. The maximum Gasteiger partial charge on any atom is 0.0542 e. The molecule has 0 saturated heterocycles. The van der Waals surface area contributed by atoms with Gasteiger partial charge in [0.25, 0.3) is 0 Å². The van der Waals surface area contributed by atoms with Crippen LogP contribution >= 0.6 is 0 Å². The van der Waals surface area contributed by atoms with E-state index in [9.17, 15) is 0 Å². The molecular weight excluding hydrogens is 641 g/mol. The number of fused-ring (bicyclic) bond motifs is 12. The second-order valence-corrected chi connectivity index (χ2v) is 15.0. The Kier molecular flexibility index (Phi) is 6.33. The summed E-state index contributed by atoms with van der Waals surface area (Å²) in [4.78, 5) is 2.40. The molecule has 0 aliphatic heterocycles. The third-order valence-electron chi connectivity index (χ3n) is 11.7. The average molecular weight is 677 g/mol. The molecule has 0 spiro atoms. The van der Waals surface area contributed by atoms with Gasteiger partial charge in [-0.3, -0.25) is 0 Å². The van der Waals surface area contributed by atoms with Crippen LogP contribution in [-0.4, -0.2) is 4.57 Å². The zero-order chi connectivity index (χ0) is 35.3. The number of nitrogens with zero attached hydrogens (tertiary/aromatic N) is 2. The van der Waals surface area contributed by atoms with Gasteiger partial charge in [-0.2, -0.15) is 0 Å². The number of rotatable bonds is 4. The summed E-state index contributed by atoms with van der Waals surface area (Å²) >= 11 is 0. The monoisotopic (exact) mass is 676 g/mol. The van der Waals surface area contributed by atoms with Crippen LogP contribution in [0.3, 0.4) is 0 Å². The van der Waals surface area contributed by atoms with Crippen LogP contribution < -0.4 is 4.90 Å². The van der Waals surface area contributed by atoms with E-state index in [1.807, 2.05) is 0 Å². The number of hydrogen-bond donors (Lipinski definition) is 0. The Morgan fingerprint density at radius 1 is 0.415 bits per heavy atom. The summed E-state index contributed by atoms with van der Waals surface area (Å²) in [6.45, 7) is 4.82. The lowest BCUT2D eigenvalue weighted by molar-refractivity contribution is 0.667. The lowest BCUT2D eigenvalue weighted by Gasteiger charge is -2.26. The molecule has 0 fully saturated rings. The minimum atomic E-state index is -0.157. The van der Waals surface area contributed by atoms with Crippen molar-refractivity contribution in [2.45, 2.75) is 19.3 Å². The first-order valence-corrected chi connectivity index (χ1v) is 18.5. The smallest absolute Gasteiger partial charge is 0.0542 e. The van der Waals surface area contributed by atoms with Gasteiger partial charge in [-0.25, -0.2) is 0 Å². The summed E-state index contributed by atoms with van der Waals surface area (Å²) in [7, 11) is 0. The molecule has 2 nitrogen and oxygen atoms in total. The Labute approximate surface area is 308 Å². The predicted molar refractivity (Wildman–Crippen MR) is 226 cm³/mol. The second kappa shape index (κ2) is 11.2. The molecule has 9 aromatic carbocycles. The molecule has 1 aliphatic carbocycles. The van der Waals surface area contributed by atoms with Crippen LogP contribution in [0.15, 0.2) is 182 Å². The van der Waals surface area contributed by atoms with Gasteiger partial charge in [-0.15, -0.1) is 0 Å². The van der Waals surface area contributed by atoms with E-state index in [4.69, 9.17) is 0 Å². The van der Waals surface area contributed by atoms with Gasteiger partial charge in [-0.1, -0.05) is 123 Å². The van der Waals surface area contributed by atoms with Crippen molar-refractivity contribution in [3.8, 4) is 16.8 Å². The molecule has 250 valence electrons. The number of hydrogen-bond acceptors (Lipinski definition) is 1. The van der Waals surface area contributed by atoms with E-state index in [0.29, 0.717) is 0 Å². The third-order valence-corrected chi connectivity index (χ3v) is 11.7. The van der Waals surface area contributed by atoms with Crippen molar-refractivity contribution < 1.29 is 0 Å². The van der Waals surface area contributed by atoms with Crippen LogP contribution in [0.25, 0.3) is 70.9 Å². The molecule has 53 heavy (non-hydrogen) atoms. The Morgan fingerprint density at radius 3 is 1.77 bits per heavy atom. The van der Waals surface area contributed by atoms with Crippen LogP contribution in [0.4, 0.5) is 17.1 Å². The molecule has 10 aromatic rings. The molecule has 1 aromatic heterocycles. The maximum absolute atomic E-state index is 2.47. The first-order valence-electron chi connectivity index (χ1n) is 18.5. The van der Waals surface area contributed by atoms with E-state index in [0.717, 1.165) is 17.1 Å². The predicted octanol–water partition coefficient (Wildman–Crippen LogP) is 14.0. The van der Waals surface area contributed by atoms with Crippen LogP contribution in [-0.2, 0) is 5.41 Å². The topological polar surface area (TPSA) is 8.17 Å². The molecule has 0 amide bonds. The van der Waals surface area contributed by atoms with Crippen molar-refractivity contribution in [2.75, 3.05) is 4.90 Å². The lowest BCUT2D eigenvalue weighted by Crippen LogP contribution is -2.15. The Morgan fingerprint density at radius 2 is 1.00 bits per heavy atom. The van der Waals surface area contributed by atoms with E-state index in [1.54, 1.807) is 0 Å². The van der Waals surface area contributed by atoms with Crippen molar-refractivity contribution in [1.82, 2.24) is 4.57 Å². The van der Waals surface area contributed by atoms with Crippen molar-refractivity contribution in [3.05, 3.63) is 193 Å². The van der Waals surface area contributed by atoms with Gasteiger partial charge in [0, 0.05) is 38.9 Å². The zero-order valence-electron chi connectivity index (χ0n) is 29.7. The summed E-state index contributed by atoms with van der Waals surface area (Å²) in [6.07, 6.45) is 0. The van der Waals surface area contributed by atoms with E-state index in [2.05, 4.69) is 205 Å². The van der Waals surface area contributed by atoms with Gasteiger partial charge in [-0.05, 0) is 127 Å². The Bertz CT molecular complexity index is 3080. The zero-order valence-corrected chi connectivity index (χ0v) is 29.7. The van der Waals surface area contributed by atoms with Crippen LogP contribution in [0.2, 0.25) is 0 Å². The van der Waals surface area contributed by atoms with Crippen molar-refractivity contribution in [3.63, 3.8) is 0 Å². The summed E-state index contributed by atoms with van der Waals surface area (Å²) < 4.78 is 2.38. The van der Waals surface area contributed by atoms with Gasteiger partial charge >= 0.3 is 0 Å². The molecule has 0 atom stereocenters. The number of benzene rings is 9. The fourth-order valence-corrected chi connectivity index (χ4v) is 9.33. The fraction of sp³-hybridized carbons (Fsp3) is 0.0588. The normalized spacial score (nSPS) is 13.2. The number of para-hydroxylation sites is 3. The standard InChI is InChI=1S/C51H36N2/c1-51(2)46-31-34-29-37(26-25-33(34)30-45(46)49-42-22-11-9-19-39(42)40-20-10-12-23-43(40)50(49)51)52(35-15-5-3-6-16-35)38-27-28-48-44(32-38)41-21-13-14-24-47(41)53(48)36-17-7-4-8-18-36/h3-32H,1-2H3. The highest BCUT2D eigenvalue weighted by Gasteiger charge is 2.38. The molecule has 2 heteroatoms. The van der Waals surface area contributed by atoms with E-state index in [1.165, 1.54) is 82.1 Å².